The van der Waals surface area contributed by atoms with Gasteiger partial charge in [0.1, 0.15) is 33.0 Å². The van der Waals surface area contributed by atoms with Gasteiger partial charge in [0, 0.05) is 18.2 Å². The summed E-state index contributed by atoms with van der Waals surface area (Å²) >= 11 is 36.4. The fourth-order valence-electron chi connectivity index (χ4n) is 2.20. The lowest BCUT2D eigenvalue weighted by molar-refractivity contribution is 0.461. The van der Waals surface area contributed by atoms with Crippen LogP contribution in [-0.2, 0) is 0 Å². The minimum atomic E-state index is 0.101. The molecule has 0 aliphatic heterocycles. The number of anilines is 2. The highest BCUT2D eigenvalue weighted by Crippen LogP contribution is 2.44. The summed E-state index contributed by atoms with van der Waals surface area (Å²) in [7, 11) is 0. The molecule has 0 aliphatic rings. The highest BCUT2D eigenvalue weighted by Gasteiger charge is 2.16. The zero-order chi connectivity index (χ0) is 20.6. The Kier molecular flexibility index (Phi) is 6.50. The largest absolute Gasteiger partial charge is 0.456 e. The summed E-state index contributed by atoms with van der Waals surface area (Å²) in [5.41, 5.74) is 12.1. The van der Waals surface area contributed by atoms with Crippen LogP contribution in [0.4, 0.5) is 11.4 Å². The van der Waals surface area contributed by atoms with E-state index in [-0.39, 0.29) is 53.0 Å². The van der Waals surface area contributed by atoms with Gasteiger partial charge in [0.2, 0.25) is 0 Å². The van der Waals surface area contributed by atoms with Crippen molar-refractivity contribution in [3.63, 3.8) is 0 Å². The van der Waals surface area contributed by atoms with E-state index < -0.39 is 0 Å². The lowest BCUT2D eigenvalue weighted by atomic mass is 10.2. The van der Waals surface area contributed by atoms with E-state index in [1.54, 1.807) is 24.3 Å². The third-order valence-corrected chi connectivity index (χ3v) is 6.25. The van der Waals surface area contributed by atoms with E-state index in [1.807, 2.05) is 0 Å². The number of ether oxygens (including phenoxy) is 2. The maximum absolute atomic E-state index is 6.17. The molecule has 0 radical (unpaired) electrons. The summed E-state index contributed by atoms with van der Waals surface area (Å²) in [6.45, 7) is 0. The number of rotatable bonds is 4. The minimum absolute atomic E-state index is 0.101. The minimum Gasteiger partial charge on any atom is -0.456 e. The average Bonchev–Trinajstić information content (AvgIpc) is 2.67. The molecule has 146 valence electrons. The molecule has 0 unspecified atom stereocenters. The third-order valence-electron chi connectivity index (χ3n) is 3.54. The summed E-state index contributed by atoms with van der Waals surface area (Å²) in [5, 5.41) is 0.776. The standard InChI is InChI=1S/C18H10Cl6N2O2/c19-13-9(25)5-11(15(21)17(13)23)27-7-2-1-3-8(4-7)28-12-6-10(26)14(20)18(24)16(12)22/h1-6H,25-26H2. The molecule has 3 rings (SSSR count). The van der Waals surface area contributed by atoms with E-state index >= 15 is 0 Å². The predicted octanol–water partition coefficient (Wildman–Crippen LogP) is 8.36. The van der Waals surface area contributed by atoms with Gasteiger partial charge in [-0.2, -0.15) is 0 Å². The molecule has 4 nitrogen and oxygen atoms in total. The number of halogens is 6. The second-order valence-electron chi connectivity index (χ2n) is 5.49. The molecule has 28 heavy (non-hydrogen) atoms. The van der Waals surface area contributed by atoms with Crippen LogP contribution in [0.1, 0.15) is 0 Å². The monoisotopic (exact) mass is 496 g/mol. The first-order chi connectivity index (χ1) is 13.2. The Balaban J connectivity index is 1.91. The van der Waals surface area contributed by atoms with E-state index in [2.05, 4.69) is 0 Å². The van der Waals surface area contributed by atoms with Gasteiger partial charge in [-0.1, -0.05) is 75.7 Å². The van der Waals surface area contributed by atoms with Crippen LogP contribution in [0.3, 0.4) is 0 Å². The van der Waals surface area contributed by atoms with Gasteiger partial charge in [-0.25, -0.2) is 0 Å². The van der Waals surface area contributed by atoms with Crippen LogP contribution in [-0.4, -0.2) is 0 Å². The molecular formula is C18H10Cl6N2O2. The number of benzene rings is 3. The molecule has 0 fully saturated rings. The van der Waals surface area contributed by atoms with Crippen molar-refractivity contribution in [2.24, 2.45) is 0 Å². The Morgan fingerprint density at radius 1 is 0.536 bits per heavy atom. The summed E-state index contributed by atoms with van der Waals surface area (Å²) < 4.78 is 11.5. The van der Waals surface area contributed by atoms with Crippen LogP contribution < -0.4 is 20.9 Å². The molecule has 4 N–H and O–H groups in total. The maximum Gasteiger partial charge on any atom is 0.149 e. The van der Waals surface area contributed by atoms with Crippen LogP contribution in [0.15, 0.2) is 36.4 Å². The Bertz CT molecular complexity index is 994. The second-order valence-corrected chi connectivity index (χ2v) is 7.76. The Morgan fingerprint density at radius 2 is 0.929 bits per heavy atom. The number of nitrogen functional groups attached to an aromatic ring is 2. The molecule has 0 saturated heterocycles. The van der Waals surface area contributed by atoms with Crippen molar-refractivity contribution in [1.29, 1.82) is 0 Å². The lowest BCUT2D eigenvalue weighted by Gasteiger charge is -2.14. The first-order valence-electron chi connectivity index (χ1n) is 7.50. The van der Waals surface area contributed by atoms with Crippen molar-refractivity contribution in [3.05, 3.63) is 66.5 Å². The van der Waals surface area contributed by atoms with Crippen molar-refractivity contribution in [2.45, 2.75) is 0 Å². The normalized spacial score (nSPS) is 10.8. The van der Waals surface area contributed by atoms with Crippen molar-refractivity contribution in [2.75, 3.05) is 11.5 Å². The molecule has 0 saturated carbocycles. The van der Waals surface area contributed by atoms with Crippen molar-refractivity contribution in [1.82, 2.24) is 0 Å². The Morgan fingerprint density at radius 3 is 1.32 bits per heavy atom. The van der Waals surface area contributed by atoms with Crippen LogP contribution in [0.2, 0.25) is 30.1 Å². The Hall–Kier alpha value is -1.40. The molecule has 0 aromatic heterocycles. The Labute approximate surface area is 190 Å². The van der Waals surface area contributed by atoms with Crippen molar-refractivity contribution >= 4 is 81.0 Å². The quantitative estimate of drug-likeness (QED) is 0.280. The highest BCUT2D eigenvalue weighted by molar-refractivity contribution is 6.50. The molecule has 0 spiro atoms. The zero-order valence-electron chi connectivity index (χ0n) is 13.7. The molecule has 0 heterocycles. The smallest absolute Gasteiger partial charge is 0.149 e. The molecule has 10 heteroatoms. The molecule has 0 bridgehead atoms. The van der Waals surface area contributed by atoms with Gasteiger partial charge in [-0.15, -0.1) is 0 Å². The first-order valence-corrected chi connectivity index (χ1v) is 9.77. The van der Waals surface area contributed by atoms with E-state index in [0.717, 1.165) is 0 Å². The van der Waals surface area contributed by atoms with Gasteiger partial charge in [0.05, 0.1) is 31.5 Å². The van der Waals surface area contributed by atoms with Gasteiger partial charge in [-0.3, -0.25) is 0 Å². The third kappa shape index (κ3) is 4.28. The number of nitrogens with two attached hydrogens (primary N) is 2. The van der Waals surface area contributed by atoms with Crippen LogP contribution in [0, 0.1) is 0 Å². The molecule has 3 aromatic carbocycles. The fraction of sp³-hybridized carbons (Fsp3) is 0. The summed E-state index contributed by atoms with van der Waals surface area (Å²) in [6.07, 6.45) is 0. The van der Waals surface area contributed by atoms with Crippen LogP contribution in [0.25, 0.3) is 0 Å². The SMILES string of the molecule is Nc1cc(Oc2cccc(Oc3cc(N)c(Cl)c(Cl)c3Cl)c2)c(Cl)c(Cl)c1Cl. The first kappa shape index (κ1) is 21.3. The highest BCUT2D eigenvalue weighted by atomic mass is 35.5. The molecule has 3 aromatic rings. The maximum atomic E-state index is 6.17. The second kappa shape index (κ2) is 8.54. The van der Waals surface area contributed by atoms with Gasteiger partial charge >= 0.3 is 0 Å². The molecule has 0 aliphatic carbocycles. The summed E-state index contributed by atoms with van der Waals surface area (Å²) in [5.74, 6) is 1.28. The van der Waals surface area contributed by atoms with Gasteiger partial charge in [-0.05, 0) is 12.1 Å². The molecular weight excluding hydrogens is 489 g/mol. The topological polar surface area (TPSA) is 70.5 Å². The van der Waals surface area contributed by atoms with Gasteiger partial charge < -0.3 is 20.9 Å². The predicted molar refractivity (Wildman–Crippen MR) is 118 cm³/mol. The van der Waals surface area contributed by atoms with Crippen molar-refractivity contribution in [3.8, 4) is 23.0 Å². The fourth-order valence-corrected chi connectivity index (χ4v) is 3.38. The average molecular weight is 499 g/mol. The van der Waals surface area contributed by atoms with E-state index in [9.17, 15) is 0 Å². The summed E-state index contributed by atoms with van der Waals surface area (Å²) in [6, 6.07) is 9.62. The van der Waals surface area contributed by atoms with Crippen LogP contribution in [0.5, 0.6) is 23.0 Å². The van der Waals surface area contributed by atoms with Crippen molar-refractivity contribution < 1.29 is 9.47 Å². The molecule has 0 amide bonds. The molecule has 0 atom stereocenters. The number of hydrogen-bond donors (Lipinski definition) is 2. The summed E-state index contributed by atoms with van der Waals surface area (Å²) in [4.78, 5) is 0. The number of hydrogen-bond acceptors (Lipinski definition) is 4. The van der Waals surface area contributed by atoms with E-state index in [4.69, 9.17) is 90.5 Å². The van der Waals surface area contributed by atoms with E-state index in [0.29, 0.717) is 11.5 Å². The zero-order valence-corrected chi connectivity index (χ0v) is 18.2. The van der Waals surface area contributed by atoms with E-state index in [1.165, 1.54) is 12.1 Å². The van der Waals surface area contributed by atoms with Gasteiger partial charge in [0.15, 0.2) is 0 Å². The van der Waals surface area contributed by atoms with Gasteiger partial charge in [0.25, 0.3) is 0 Å². The lowest BCUT2D eigenvalue weighted by Crippen LogP contribution is -1.94. The van der Waals surface area contributed by atoms with Crippen LogP contribution >= 0.6 is 69.6 Å².